The molecule has 0 aromatic carbocycles. The van der Waals surface area contributed by atoms with Gasteiger partial charge in [0.25, 0.3) is 0 Å². The Balaban J connectivity index is 2.27. The van der Waals surface area contributed by atoms with Crippen molar-refractivity contribution in [1.82, 2.24) is 14.9 Å². The fourth-order valence-electron chi connectivity index (χ4n) is 3.79. The predicted molar refractivity (Wildman–Crippen MR) is 89.6 cm³/mol. The van der Waals surface area contributed by atoms with Crippen molar-refractivity contribution in [2.24, 2.45) is 11.3 Å². The van der Waals surface area contributed by atoms with Gasteiger partial charge >= 0.3 is 0 Å². The molecule has 3 nitrogen and oxygen atoms in total. The second-order valence-corrected chi connectivity index (χ2v) is 7.95. The molecule has 0 radical (unpaired) electrons. The quantitative estimate of drug-likeness (QED) is 0.892. The molecule has 3 atom stereocenters. The van der Waals surface area contributed by atoms with E-state index >= 15 is 0 Å². The second kappa shape index (κ2) is 6.51. The van der Waals surface area contributed by atoms with Crippen LogP contribution in [0.1, 0.15) is 78.6 Å². The van der Waals surface area contributed by atoms with E-state index in [-0.39, 0.29) is 0 Å². The summed E-state index contributed by atoms with van der Waals surface area (Å²) in [6, 6.07) is 1.13. The zero-order valence-corrected chi connectivity index (χ0v) is 14.7. The third-order valence-corrected chi connectivity index (χ3v) is 5.08. The molecule has 1 saturated carbocycles. The summed E-state index contributed by atoms with van der Waals surface area (Å²) >= 11 is 0. The summed E-state index contributed by atoms with van der Waals surface area (Å²) in [4.78, 5) is 4.61. The highest BCUT2D eigenvalue weighted by Crippen LogP contribution is 2.42. The molecule has 1 fully saturated rings. The first-order valence-corrected chi connectivity index (χ1v) is 8.60. The van der Waals surface area contributed by atoms with Crippen molar-refractivity contribution in [3.8, 4) is 0 Å². The van der Waals surface area contributed by atoms with E-state index in [2.05, 4.69) is 62.6 Å². The summed E-state index contributed by atoms with van der Waals surface area (Å²) in [5, 5.41) is 3.71. The Morgan fingerprint density at radius 3 is 2.62 bits per heavy atom. The van der Waals surface area contributed by atoms with Gasteiger partial charge in [-0.3, -0.25) is 0 Å². The van der Waals surface area contributed by atoms with Crippen LogP contribution in [-0.4, -0.2) is 22.1 Å². The van der Waals surface area contributed by atoms with Crippen molar-refractivity contribution in [2.45, 2.75) is 78.8 Å². The van der Waals surface area contributed by atoms with Gasteiger partial charge in [0.2, 0.25) is 0 Å². The predicted octanol–water partition coefficient (Wildman–Crippen LogP) is 4.37. The van der Waals surface area contributed by atoms with E-state index in [0.29, 0.717) is 23.4 Å². The zero-order chi connectivity index (χ0) is 15.6. The van der Waals surface area contributed by atoms with Crippen LogP contribution in [0.5, 0.6) is 0 Å². The first-order chi connectivity index (χ1) is 9.84. The zero-order valence-electron chi connectivity index (χ0n) is 14.7. The Kier molecular flexibility index (Phi) is 5.13. The second-order valence-electron chi connectivity index (χ2n) is 7.95. The topological polar surface area (TPSA) is 29.9 Å². The van der Waals surface area contributed by atoms with Gasteiger partial charge in [0, 0.05) is 24.4 Å². The maximum atomic E-state index is 4.61. The number of hydrogen-bond donors (Lipinski definition) is 1. The fraction of sp³-hybridized carbons (Fsp3) is 0.833. The van der Waals surface area contributed by atoms with Gasteiger partial charge in [-0.25, -0.2) is 4.98 Å². The lowest BCUT2D eigenvalue weighted by molar-refractivity contribution is 0.116. The molecule has 3 heteroatoms. The lowest BCUT2D eigenvalue weighted by Gasteiger charge is -2.43. The van der Waals surface area contributed by atoms with Crippen LogP contribution in [0.4, 0.5) is 0 Å². The highest BCUT2D eigenvalue weighted by Gasteiger charge is 2.37. The molecular formula is C18H33N3. The van der Waals surface area contributed by atoms with Crippen molar-refractivity contribution >= 4 is 0 Å². The summed E-state index contributed by atoms with van der Waals surface area (Å²) in [6.07, 6.45) is 8.03. The lowest BCUT2D eigenvalue weighted by Crippen LogP contribution is -2.44. The minimum absolute atomic E-state index is 0.397. The first-order valence-electron chi connectivity index (χ1n) is 8.60. The maximum Gasteiger partial charge on any atom is 0.111 e. The normalized spacial score (nSPS) is 27.3. The summed E-state index contributed by atoms with van der Waals surface area (Å²) in [5.41, 5.74) is 0.397. The van der Waals surface area contributed by atoms with Crippen molar-refractivity contribution in [3.63, 3.8) is 0 Å². The molecule has 0 saturated heterocycles. The summed E-state index contributed by atoms with van der Waals surface area (Å²) in [7, 11) is 0. The molecule has 0 aliphatic heterocycles. The van der Waals surface area contributed by atoms with Gasteiger partial charge in [0.1, 0.15) is 5.82 Å². The van der Waals surface area contributed by atoms with Gasteiger partial charge < -0.3 is 9.88 Å². The van der Waals surface area contributed by atoms with Crippen LogP contribution in [-0.2, 0) is 0 Å². The number of aromatic nitrogens is 2. The Morgan fingerprint density at radius 1 is 1.33 bits per heavy atom. The average molecular weight is 291 g/mol. The summed E-state index contributed by atoms with van der Waals surface area (Å²) in [5.74, 6) is 2.51. The van der Waals surface area contributed by atoms with Gasteiger partial charge in [-0.15, -0.1) is 0 Å². The molecule has 1 aliphatic carbocycles. The summed E-state index contributed by atoms with van der Waals surface area (Å²) < 4.78 is 2.45. The van der Waals surface area contributed by atoms with Gasteiger partial charge in [0.05, 0.1) is 6.04 Å². The Bertz CT molecular complexity index is 442. The van der Waals surface area contributed by atoms with Crippen molar-refractivity contribution in [2.75, 3.05) is 6.54 Å². The van der Waals surface area contributed by atoms with E-state index in [1.807, 2.05) is 6.20 Å². The van der Waals surface area contributed by atoms with Crippen LogP contribution < -0.4 is 5.32 Å². The third kappa shape index (κ3) is 3.68. The van der Waals surface area contributed by atoms with Gasteiger partial charge in [-0.05, 0) is 37.1 Å². The number of hydrogen-bond acceptors (Lipinski definition) is 2. The standard InChI is InChI=1S/C18H33N3/c1-7-19-15-9-8-14(18(4,5)6)12-16(15)21-11-10-20-17(21)13(2)3/h10-11,13-16,19H,7-9,12H2,1-6H3. The van der Waals surface area contributed by atoms with E-state index in [0.717, 1.165) is 12.5 Å². The molecule has 0 amide bonds. The van der Waals surface area contributed by atoms with Gasteiger partial charge in [0.15, 0.2) is 0 Å². The molecule has 1 heterocycles. The number of nitrogens with one attached hydrogen (secondary N) is 1. The minimum atomic E-state index is 0.397. The van der Waals surface area contributed by atoms with E-state index in [4.69, 9.17) is 0 Å². The lowest BCUT2D eigenvalue weighted by atomic mass is 9.69. The van der Waals surface area contributed by atoms with Crippen LogP contribution in [0, 0.1) is 11.3 Å². The number of rotatable bonds is 4. The Morgan fingerprint density at radius 2 is 2.05 bits per heavy atom. The Labute approximate surface area is 130 Å². The molecule has 3 unspecified atom stereocenters. The molecular weight excluding hydrogens is 258 g/mol. The monoisotopic (exact) mass is 291 g/mol. The smallest absolute Gasteiger partial charge is 0.111 e. The molecule has 1 N–H and O–H groups in total. The molecule has 21 heavy (non-hydrogen) atoms. The summed E-state index contributed by atoms with van der Waals surface area (Å²) in [6.45, 7) is 14.9. The third-order valence-electron chi connectivity index (χ3n) is 5.08. The van der Waals surface area contributed by atoms with Crippen LogP contribution in [0.2, 0.25) is 0 Å². The molecule has 1 aromatic rings. The Hall–Kier alpha value is -0.830. The van der Waals surface area contributed by atoms with E-state index in [1.165, 1.54) is 25.1 Å². The average Bonchev–Trinajstić information content (AvgIpc) is 2.87. The molecule has 0 spiro atoms. The van der Waals surface area contributed by atoms with Crippen LogP contribution in [0.25, 0.3) is 0 Å². The van der Waals surface area contributed by atoms with Crippen LogP contribution in [0.15, 0.2) is 12.4 Å². The molecule has 0 bridgehead atoms. The highest BCUT2D eigenvalue weighted by molar-refractivity contribution is 5.04. The SMILES string of the molecule is CCNC1CCC(C(C)(C)C)CC1n1ccnc1C(C)C. The van der Waals surface area contributed by atoms with E-state index in [1.54, 1.807) is 0 Å². The molecule has 120 valence electrons. The molecule has 2 rings (SSSR count). The van der Waals surface area contributed by atoms with Crippen molar-refractivity contribution in [1.29, 1.82) is 0 Å². The number of imidazole rings is 1. The van der Waals surface area contributed by atoms with Crippen molar-refractivity contribution in [3.05, 3.63) is 18.2 Å². The first kappa shape index (κ1) is 16.5. The number of likely N-dealkylation sites (N-methyl/N-ethyl adjacent to an activating group) is 1. The largest absolute Gasteiger partial charge is 0.330 e. The van der Waals surface area contributed by atoms with Crippen LogP contribution in [0.3, 0.4) is 0 Å². The van der Waals surface area contributed by atoms with Crippen LogP contribution >= 0.6 is 0 Å². The highest BCUT2D eigenvalue weighted by atomic mass is 15.1. The number of nitrogens with zero attached hydrogens (tertiary/aromatic N) is 2. The van der Waals surface area contributed by atoms with Gasteiger partial charge in [-0.2, -0.15) is 0 Å². The minimum Gasteiger partial charge on any atom is -0.330 e. The van der Waals surface area contributed by atoms with E-state index < -0.39 is 0 Å². The van der Waals surface area contributed by atoms with E-state index in [9.17, 15) is 0 Å². The molecule has 1 aliphatic rings. The van der Waals surface area contributed by atoms with Gasteiger partial charge in [-0.1, -0.05) is 41.5 Å². The fourth-order valence-corrected chi connectivity index (χ4v) is 3.79. The molecule has 1 aromatic heterocycles. The maximum absolute atomic E-state index is 4.61. The van der Waals surface area contributed by atoms with Crippen molar-refractivity contribution < 1.29 is 0 Å².